The van der Waals surface area contributed by atoms with Crippen molar-refractivity contribution in [2.45, 2.75) is 18.1 Å². The highest BCUT2D eigenvalue weighted by Crippen LogP contribution is 2.25. The lowest BCUT2D eigenvalue weighted by molar-refractivity contribution is 0.220. The van der Waals surface area contributed by atoms with Crippen molar-refractivity contribution < 1.29 is 10.2 Å². The van der Waals surface area contributed by atoms with Crippen LogP contribution in [0.25, 0.3) is 0 Å². The largest absolute Gasteiger partial charge is 0.388 e. The quantitative estimate of drug-likeness (QED) is 0.681. The van der Waals surface area contributed by atoms with Gasteiger partial charge in [-0.3, -0.25) is 0 Å². The standard InChI is InChI=1S/C7H8BrClO2/c8-5-3-4(7(9)11)1-2-6(5)10/h1,3,6-7,10-11H,2H2/t6-,7?/m1/s1. The van der Waals surface area contributed by atoms with Crippen LogP contribution < -0.4 is 0 Å². The van der Waals surface area contributed by atoms with Crippen molar-refractivity contribution in [1.82, 2.24) is 0 Å². The molecule has 0 fully saturated rings. The molecule has 4 heteroatoms. The Morgan fingerprint density at radius 1 is 1.73 bits per heavy atom. The molecule has 0 radical (unpaired) electrons. The van der Waals surface area contributed by atoms with E-state index in [1.165, 1.54) is 0 Å². The van der Waals surface area contributed by atoms with Gasteiger partial charge in [0.15, 0.2) is 5.56 Å². The molecule has 0 aromatic carbocycles. The Morgan fingerprint density at radius 3 is 2.82 bits per heavy atom. The lowest BCUT2D eigenvalue weighted by atomic mass is 10.1. The number of halogens is 2. The molecule has 1 aliphatic carbocycles. The van der Waals surface area contributed by atoms with Crippen molar-refractivity contribution in [3.63, 3.8) is 0 Å². The molecular weight excluding hydrogens is 231 g/mol. The average Bonchev–Trinajstić information content (AvgIpc) is 1.94. The van der Waals surface area contributed by atoms with Crippen LogP contribution in [0.2, 0.25) is 0 Å². The summed E-state index contributed by atoms with van der Waals surface area (Å²) in [7, 11) is 0. The molecule has 2 nitrogen and oxygen atoms in total. The number of hydrogen-bond donors (Lipinski definition) is 2. The van der Waals surface area contributed by atoms with Crippen LogP contribution in [0.5, 0.6) is 0 Å². The minimum atomic E-state index is -0.977. The molecule has 2 atom stereocenters. The molecule has 11 heavy (non-hydrogen) atoms. The van der Waals surface area contributed by atoms with E-state index in [0.717, 1.165) is 0 Å². The maximum Gasteiger partial charge on any atom is 0.153 e. The first-order valence-electron chi connectivity index (χ1n) is 3.18. The first-order valence-corrected chi connectivity index (χ1v) is 4.41. The summed E-state index contributed by atoms with van der Waals surface area (Å²) >= 11 is 8.57. The minimum absolute atomic E-state index is 0.492. The van der Waals surface area contributed by atoms with Gasteiger partial charge in [0.1, 0.15) is 0 Å². The summed E-state index contributed by atoms with van der Waals surface area (Å²) in [5.41, 5.74) is -0.348. The number of aliphatic hydroxyl groups excluding tert-OH is 2. The maximum atomic E-state index is 9.19. The van der Waals surface area contributed by atoms with E-state index in [1.807, 2.05) is 0 Å². The molecule has 1 aliphatic rings. The van der Waals surface area contributed by atoms with Gasteiger partial charge in [0.25, 0.3) is 0 Å². The van der Waals surface area contributed by atoms with Gasteiger partial charge in [-0.1, -0.05) is 33.6 Å². The van der Waals surface area contributed by atoms with Crippen LogP contribution in [0.15, 0.2) is 22.2 Å². The van der Waals surface area contributed by atoms with E-state index in [2.05, 4.69) is 15.9 Å². The Kier molecular flexibility index (Phi) is 3.13. The number of aliphatic hydroxyl groups is 2. The molecule has 1 rings (SSSR count). The van der Waals surface area contributed by atoms with Gasteiger partial charge in [-0.15, -0.1) is 0 Å². The Labute approximate surface area is 78.3 Å². The monoisotopic (exact) mass is 238 g/mol. The third kappa shape index (κ3) is 2.30. The van der Waals surface area contributed by atoms with Crippen molar-refractivity contribution in [2.75, 3.05) is 0 Å². The fourth-order valence-electron chi connectivity index (χ4n) is 0.841. The predicted octanol–water partition coefficient (Wildman–Crippen LogP) is 1.51. The molecular formula is C7H8BrClO2. The predicted molar refractivity (Wildman–Crippen MR) is 47.6 cm³/mol. The van der Waals surface area contributed by atoms with Gasteiger partial charge in [-0.2, -0.15) is 0 Å². The van der Waals surface area contributed by atoms with Crippen LogP contribution in [-0.2, 0) is 0 Å². The average molecular weight is 239 g/mol. The molecule has 0 aromatic heterocycles. The summed E-state index contributed by atoms with van der Waals surface area (Å²) in [5.74, 6) is 0. The van der Waals surface area contributed by atoms with Crippen molar-refractivity contribution in [2.24, 2.45) is 0 Å². The van der Waals surface area contributed by atoms with E-state index in [0.29, 0.717) is 16.5 Å². The highest BCUT2D eigenvalue weighted by Gasteiger charge is 2.15. The van der Waals surface area contributed by atoms with Crippen molar-refractivity contribution in [1.29, 1.82) is 0 Å². The zero-order chi connectivity index (χ0) is 8.43. The van der Waals surface area contributed by atoms with Crippen molar-refractivity contribution in [3.8, 4) is 0 Å². The van der Waals surface area contributed by atoms with Crippen molar-refractivity contribution >= 4 is 27.5 Å². The highest BCUT2D eigenvalue weighted by atomic mass is 79.9. The number of alkyl halides is 1. The van der Waals surface area contributed by atoms with Crippen LogP contribution in [-0.4, -0.2) is 21.9 Å². The van der Waals surface area contributed by atoms with Gasteiger partial charge < -0.3 is 10.2 Å². The summed E-state index contributed by atoms with van der Waals surface area (Å²) in [6, 6.07) is 0. The van der Waals surface area contributed by atoms with Crippen LogP contribution in [0.1, 0.15) is 6.42 Å². The lowest BCUT2D eigenvalue weighted by Crippen LogP contribution is -2.12. The molecule has 0 heterocycles. The molecule has 2 N–H and O–H groups in total. The number of hydrogen-bond acceptors (Lipinski definition) is 2. The fraction of sp³-hybridized carbons (Fsp3) is 0.429. The molecule has 0 bridgehead atoms. The molecule has 0 saturated heterocycles. The van der Waals surface area contributed by atoms with E-state index < -0.39 is 11.7 Å². The minimum Gasteiger partial charge on any atom is -0.388 e. The van der Waals surface area contributed by atoms with E-state index in [4.69, 9.17) is 16.7 Å². The first-order chi connectivity index (χ1) is 5.11. The Hall–Kier alpha value is 0.170. The maximum absolute atomic E-state index is 9.19. The molecule has 0 aliphatic heterocycles. The van der Waals surface area contributed by atoms with E-state index in [9.17, 15) is 5.11 Å². The molecule has 0 saturated carbocycles. The Bertz CT molecular complexity index is 210. The van der Waals surface area contributed by atoms with Gasteiger partial charge in [0.05, 0.1) is 6.10 Å². The first kappa shape index (κ1) is 9.26. The summed E-state index contributed by atoms with van der Waals surface area (Å²) < 4.78 is 0.662. The third-order valence-electron chi connectivity index (χ3n) is 1.47. The second-order valence-electron chi connectivity index (χ2n) is 2.32. The Balaban J connectivity index is 2.74. The Morgan fingerprint density at radius 2 is 2.36 bits per heavy atom. The zero-order valence-electron chi connectivity index (χ0n) is 5.67. The molecule has 0 aromatic rings. The van der Waals surface area contributed by atoms with Crippen LogP contribution >= 0.6 is 27.5 Å². The van der Waals surface area contributed by atoms with Gasteiger partial charge in [0, 0.05) is 4.48 Å². The lowest BCUT2D eigenvalue weighted by Gasteiger charge is -2.15. The zero-order valence-corrected chi connectivity index (χ0v) is 8.01. The van der Waals surface area contributed by atoms with E-state index >= 15 is 0 Å². The van der Waals surface area contributed by atoms with Crippen LogP contribution in [0, 0.1) is 0 Å². The van der Waals surface area contributed by atoms with Gasteiger partial charge in [0.2, 0.25) is 0 Å². The molecule has 0 spiro atoms. The summed E-state index contributed by atoms with van der Waals surface area (Å²) in [6.07, 6.45) is 3.35. The van der Waals surface area contributed by atoms with E-state index in [-0.39, 0.29) is 0 Å². The van der Waals surface area contributed by atoms with Crippen LogP contribution in [0.4, 0.5) is 0 Å². The van der Waals surface area contributed by atoms with Gasteiger partial charge >= 0.3 is 0 Å². The summed E-state index contributed by atoms with van der Waals surface area (Å²) in [5, 5.41) is 18.1. The molecule has 0 amide bonds. The highest BCUT2D eigenvalue weighted by molar-refractivity contribution is 9.11. The van der Waals surface area contributed by atoms with Crippen molar-refractivity contribution in [3.05, 3.63) is 22.2 Å². The molecule has 62 valence electrons. The normalized spacial score (nSPS) is 27.5. The van der Waals surface area contributed by atoms with Gasteiger partial charge in [-0.25, -0.2) is 0 Å². The smallest absolute Gasteiger partial charge is 0.153 e. The van der Waals surface area contributed by atoms with Gasteiger partial charge in [-0.05, 0) is 18.1 Å². The number of rotatable bonds is 1. The van der Waals surface area contributed by atoms with E-state index in [1.54, 1.807) is 12.2 Å². The second kappa shape index (κ2) is 3.72. The second-order valence-corrected chi connectivity index (χ2v) is 3.65. The summed E-state index contributed by atoms with van der Waals surface area (Å²) in [6.45, 7) is 0. The SMILES string of the molecule is OC(Cl)C1=CC[C@@H](O)C(Br)=C1. The molecule has 1 unspecified atom stereocenters. The van der Waals surface area contributed by atoms with Crippen LogP contribution in [0.3, 0.4) is 0 Å². The topological polar surface area (TPSA) is 40.5 Å². The third-order valence-corrected chi connectivity index (χ3v) is 2.48. The summed E-state index contributed by atoms with van der Waals surface area (Å²) in [4.78, 5) is 0. The fourth-order valence-corrected chi connectivity index (χ4v) is 1.44.